The maximum atomic E-state index is 13.4. The van der Waals surface area contributed by atoms with Crippen molar-refractivity contribution in [2.75, 3.05) is 25.1 Å². The molecule has 6 nitrogen and oxygen atoms in total. The van der Waals surface area contributed by atoms with Crippen molar-refractivity contribution < 1.29 is 9.13 Å². The van der Waals surface area contributed by atoms with E-state index >= 15 is 0 Å². The monoisotopic (exact) mass is 315 g/mol. The van der Waals surface area contributed by atoms with Gasteiger partial charge in [-0.3, -0.25) is 0 Å². The van der Waals surface area contributed by atoms with Crippen molar-refractivity contribution in [3.63, 3.8) is 0 Å². The van der Waals surface area contributed by atoms with Crippen LogP contribution in [-0.2, 0) is 4.74 Å². The number of benzene rings is 1. The Labute approximate surface area is 133 Å². The molecule has 0 aliphatic heterocycles. The Balaban J connectivity index is 1.83. The number of hydrogen-bond donors (Lipinski definition) is 1. The maximum Gasteiger partial charge on any atom is 0.168 e. The van der Waals surface area contributed by atoms with E-state index in [1.807, 2.05) is 6.92 Å². The molecule has 0 fully saturated rings. The average Bonchev–Trinajstić information content (AvgIpc) is 2.99. The van der Waals surface area contributed by atoms with Crippen LogP contribution in [0.25, 0.3) is 16.7 Å². The molecule has 2 heterocycles. The fourth-order valence-electron chi connectivity index (χ4n) is 2.31. The molecule has 120 valence electrons. The number of aromatic nitrogens is 4. The molecule has 2 aromatic heterocycles. The van der Waals surface area contributed by atoms with Crippen molar-refractivity contribution in [3.8, 4) is 5.69 Å². The zero-order valence-corrected chi connectivity index (χ0v) is 12.9. The van der Waals surface area contributed by atoms with Crippen LogP contribution in [0.1, 0.15) is 13.3 Å². The van der Waals surface area contributed by atoms with Gasteiger partial charge >= 0.3 is 0 Å². The first kappa shape index (κ1) is 15.4. The lowest BCUT2D eigenvalue weighted by molar-refractivity contribution is 0.147. The van der Waals surface area contributed by atoms with Crippen LogP contribution in [0, 0.1) is 5.82 Å². The lowest BCUT2D eigenvalue weighted by Crippen LogP contribution is -2.07. The number of nitrogens with one attached hydrogen (secondary N) is 1. The molecule has 0 saturated heterocycles. The van der Waals surface area contributed by atoms with E-state index in [2.05, 4.69) is 20.4 Å². The Morgan fingerprint density at radius 3 is 3.04 bits per heavy atom. The third-order valence-corrected chi connectivity index (χ3v) is 3.38. The highest BCUT2D eigenvalue weighted by Crippen LogP contribution is 2.21. The lowest BCUT2D eigenvalue weighted by Gasteiger charge is -2.07. The second kappa shape index (κ2) is 7.15. The molecule has 0 atom stereocenters. The van der Waals surface area contributed by atoms with Gasteiger partial charge in [-0.1, -0.05) is 6.07 Å². The fraction of sp³-hybridized carbons (Fsp3) is 0.312. The Kier molecular flexibility index (Phi) is 4.77. The first-order valence-corrected chi connectivity index (χ1v) is 7.56. The first-order chi connectivity index (χ1) is 11.3. The minimum Gasteiger partial charge on any atom is -0.382 e. The van der Waals surface area contributed by atoms with Gasteiger partial charge < -0.3 is 10.1 Å². The fourth-order valence-corrected chi connectivity index (χ4v) is 2.31. The number of fused-ring (bicyclic) bond motifs is 1. The van der Waals surface area contributed by atoms with Crippen LogP contribution in [0.15, 0.2) is 36.8 Å². The van der Waals surface area contributed by atoms with Gasteiger partial charge in [0.15, 0.2) is 5.65 Å². The highest BCUT2D eigenvalue weighted by Gasteiger charge is 2.11. The Morgan fingerprint density at radius 1 is 1.30 bits per heavy atom. The third kappa shape index (κ3) is 3.45. The predicted octanol–water partition coefficient (Wildman–Crippen LogP) is 2.79. The first-order valence-electron chi connectivity index (χ1n) is 7.56. The van der Waals surface area contributed by atoms with Crippen LogP contribution in [0.4, 0.5) is 10.2 Å². The van der Waals surface area contributed by atoms with Gasteiger partial charge in [-0.25, -0.2) is 19.0 Å². The van der Waals surface area contributed by atoms with Gasteiger partial charge in [0, 0.05) is 19.8 Å². The van der Waals surface area contributed by atoms with E-state index in [0.29, 0.717) is 23.8 Å². The van der Waals surface area contributed by atoms with E-state index in [1.54, 1.807) is 23.0 Å². The summed E-state index contributed by atoms with van der Waals surface area (Å²) in [7, 11) is 0. The van der Waals surface area contributed by atoms with Gasteiger partial charge in [-0.05, 0) is 31.5 Å². The van der Waals surface area contributed by atoms with Crippen molar-refractivity contribution in [2.24, 2.45) is 0 Å². The summed E-state index contributed by atoms with van der Waals surface area (Å²) < 4.78 is 20.3. The number of ether oxygens (including phenoxy) is 1. The van der Waals surface area contributed by atoms with Gasteiger partial charge in [0.1, 0.15) is 18.0 Å². The normalized spacial score (nSPS) is 11.0. The van der Waals surface area contributed by atoms with Crippen molar-refractivity contribution in [3.05, 3.63) is 42.6 Å². The number of anilines is 1. The molecule has 23 heavy (non-hydrogen) atoms. The maximum absolute atomic E-state index is 13.4. The quantitative estimate of drug-likeness (QED) is 0.679. The van der Waals surface area contributed by atoms with Gasteiger partial charge in [-0.2, -0.15) is 5.10 Å². The molecular formula is C16H18FN5O. The summed E-state index contributed by atoms with van der Waals surface area (Å²) in [5, 5.41) is 8.37. The molecule has 0 radical (unpaired) electrons. The Morgan fingerprint density at radius 2 is 2.22 bits per heavy atom. The van der Waals surface area contributed by atoms with Crippen molar-refractivity contribution in [1.29, 1.82) is 0 Å². The zero-order valence-electron chi connectivity index (χ0n) is 12.9. The minimum absolute atomic E-state index is 0.311. The van der Waals surface area contributed by atoms with Crippen molar-refractivity contribution >= 4 is 16.9 Å². The SMILES string of the molecule is CCOCCCNc1ncnc2c1cnn2-c1cccc(F)c1. The Bertz CT molecular complexity index is 789. The smallest absolute Gasteiger partial charge is 0.168 e. The summed E-state index contributed by atoms with van der Waals surface area (Å²) in [5.41, 5.74) is 1.26. The molecule has 0 aliphatic carbocycles. The summed E-state index contributed by atoms with van der Waals surface area (Å²) in [6.45, 7) is 4.15. The van der Waals surface area contributed by atoms with Crippen molar-refractivity contribution in [1.82, 2.24) is 19.7 Å². The number of nitrogens with zero attached hydrogens (tertiary/aromatic N) is 4. The van der Waals surface area contributed by atoms with Crippen LogP contribution in [0.5, 0.6) is 0 Å². The van der Waals surface area contributed by atoms with E-state index in [-0.39, 0.29) is 5.82 Å². The Hall–Kier alpha value is -2.54. The molecule has 3 aromatic rings. The van der Waals surface area contributed by atoms with Crippen LogP contribution < -0.4 is 5.32 Å². The topological polar surface area (TPSA) is 64.9 Å². The number of halogens is 1. The standard InChI is InChI=1S/C16H18FN5O/c1-2-23-8-4-7-18-15-14-10-21-22(16(14)20-11-19-15)13-6-3-5-12(17)9-13/h3,5-6,9-11H,2,4,7-8H2,1H3,(H,18,19,20). The molecule has 7 heteroatoms. The summed E-state index contributed by atoms with van der Waals surface area (Å²) >= 11 is 0. The highest BCUT2D eigenvalue weighted by atomic mass is 19.1. The second-order valence-corrected chi connectivity index (χ2v) is 4.97. The molecule has 0 spiro atoms. The van der Waals surface area contributed by atoms with E-state index < -0.39 is 0 Å². The molecule has 0 unspecified atom stereocenters. The van der Waals surface area contributed by atoms with Crippen molar-refractivity contribution in [2.45, 2.75) is 13.3 Å². The molecule has 0 amide bonds. The van der Waals surface area contributed by atoms with Crippen LogP contribution in [0.2, 0.25) is 0 Å². The van der Waals surface area contributed by atoms with E-state index in [9.17, 15) is 4.39 Å². The predicted molar refractivity (Wildman–Crippen MR) is 86.2 cm³/mol. The largest absolute Gasteiger partial charge is 0.382 e. The molecular weight excluding hydrogens is 297 g/mol. The van der Waals surface area contributed by atoms with Gasteiger partial charge in [0.2, 0.25) is 0 Å². The molecule has 0 saturated carbocycles. The van der Waals surface area contributed by atoms with Crippen LogP contribution >= 0.6 is 0 Å². The van der Waals surface area contributed by atoms with Gasteiger partial charge in [-0.15, -0.1) is 0 Å². The third-order valence-electron chi connectivity index (χ3n) is 3.38. The van der Waals surface area contributed by atoms with Crippen LogP contribution in [-0.4, -0.2) is 39.5 Å². The summed E-state index contributed by atoms with van der Waals surface area (Å²) in [4.78, 5) is 8.53. The summed E-state index contributed by atoms with van der Waals surface area (Å²) in [6.07, 6.45) is 4.05. The van der Waals surface area contributed by atoms with Gasteiger partial charge in [0.05, 0.1) is 17.3 Å². The van der Waals surface area contributed by atoms with Crippen LogP contribution in [0.3, 0.4) is 0 Å². The number of rotatable bonds is 7. The molecule has 0 aliphatic rings. The minimum atomic E-state index is -0.311. The van der Waals surface area contributed by atoms with E-state index in [4.69, 9.17) is 4.74 Å². The zero-order chi connectivity index (χ0) is 16.1. The highest BCUT2D eigenvalue weighted by molar-refractivity contribution is 5.87. The lowest BCUT2D eigenvalue weighted by atomic mass is 10.3. The molecule has 3 rings (SSSR count). The molecule has 0 bridgehead atoms. The summed E-state index contributed by atoms with van der Waals surface area (Å²) in [5.74, 6) is 0.406. The van der Waals surface area contributed by atoms with E-state index in [1.165, 1.54) is 18.5 Å². The second-order valence-electron chi connectivity index (χ2n) is 4.97. The average molecular weight is 315 g/mol. The van der Waals surface area contributed by atoms with E-state index in [0.717, 1.165) is 25.0 Å². The molecule has 1 aromatic carbocycles. The number of hydrogen-bond acceptors (Lipinski definition) is 5. The summed E-state index contributed by atoms with van der Waals surface area (Å²) in [6, 6.07) is 6.25. The van der Waals surface area contributed by atoms with Gasteiger partial charge in [0.25, 0.3) is 0 Å². The molecule has 1 N–H and O–H groups in total.